The molecule has 1 unspecified atom stereocenters. The number of para-hydroxylation sites is 2. The van der Waals surface area contributed by atoms with Gasteiger partial charge in [0.1, 0.15) is 24.3 Å². The number of ether oxygens (including phenoxy) is 1. The quantitative estimate of drug-likeness (QED) is 0.861. The van der Waals surface area contributed by atoms with Crippen LogP contribution in [-0.4, -0.2) is 55.4 Å². The highest BCUT2D eigenvalue weighted by molar-refractivity contribution is 5.48. The van der Waals surface area contributed by atoms with Crippen LogP contribution in [0.1, 0.15) is 11.1 Å². The van der Waals surface area contributed by atoms with Crippen LogP contribution in [0.15, 0.2) is 42.5 Å². The van der Waals surface area contributed by atoms with Crippen LogP contribution in [0, 0.1) is 19.7 Å². The van der Waals surface area contributed by atoms with Crippen molar-refractivity contribution in [1.82, 2.24) is 4.90 Å². The largest absolute Gasteiger partial charge is 0.490 e. The van der Waals surface area contributed by atoms with Crippen molar-refractivity contribution in [3.63, 3.8) is 0 Å². The minimum Gasteiger partial charge on any atom is -0.490 e. The lowest BCUT2D eigenvalue weighted by Crippen LogP contribution is -2.49. The molecule has 0 amide bonds. The monoisotopic (exact) mass is 358 g/mol. The third kappa shape index (κ3) is 4.54. The van der Waals surface area contributed by atoms with Crippen molar-refractivity contribution in [1.29, 1.82) is 0 Å². The molecule has 140 valence electrons. The number of rotatable bonds is 6. The zero-order chi connectivity index (χ0) is 18.5. The molecule has 1 aliphatic rings. The Labute approximate surface area is 154 Å². The summed E-state index contributed by atoms with van der Waals surface area (Å²) in [5.41, 5.74) is 2.82. The highest BCUT2D eigenvalue weighted by atomic mass is 19.1. The fourth-order valence-electron chi connectivity index (χ4n) is 3.44. The molecule has 0 saturated carbocycles. The Morgan fingerprint density at radius 3 is 2.31 bits per heavy atom. The first-order chi connectivity index (χ1) is 12.5. The highest BCUT2D eigenvalue weighted by Crippen LogP contribution is 2.23. The van der Waals surface area contributed by atoms with E-state index in [1.54, 1.807) is 6.07 Å². The van der Waals surface area contributed by atoms with Crippen LogP contribution in [0.3, 0.4) is 0 Å². The van der Waals surface area contributed by atoms with Gasteiger partial charge in [0, 0.05) is 32.7 Å². The molecule has 1 atom stereocenters. The molecule has 0 spiro atoms. The lowest BCUT2D eigenvalue weighted by atomic mass is 10.1. The Hall–Kier alpha value is -2.11. The first-order valence-corrected chi connectivity index (χ1v) is 9.13. The van der Waals surface area contributed by atoms with E-state index in [-0.39, 0.29) is 12.4 Å². The minimum absolute atomic E-state index is 0.178. The molecule has 1 saturated heterocycles. The molecular formula is C21H27FN2O2. The van der Waals surface area contributed by atoms with E-state index < -0.39 is 6.10 Å². The van der Waals surface area contributed by atoms with Crippen molar-refractivity contribution in [2.45, 2.75) is 20.0 Å². The number of aliphatic hydroxyl groups is 1. The fraction of sp³-hybridized carbons (Fsp3) is 0.429. The fourth-order valence-corrected chi connectivity index (χ4v) is 3.44. The topological polar surface area (TPSA) is 35.9 Å². The van der Waals surface area contributed by atoms with Crippen LogP contribution in [-0.2, 0) is 0 Å². The van der Waals surface area contributed by atoms with Crippen LogP contribution >= 0.6 is 0 Å². The summed E-state index contributed by atoms with van der Waals surface area (Å²) in [5.74, 6) is 0.680. The van der Waals surface area contributed by atoms with E-state index >= 15 is 0 Å². The first-order valence-electron chi connectivity index (χ1n) is 9.13. The maximum absolute atomic E-state index is 13.9. The predicted molar refractivity (Wildman–Crippen MR) is 102 cm³/mol. The Bertz CT molecular complexity index is 709. The Morgan fingerprint density at radius 1 is 1.00 bits per heavy atom. The molecule has 2 aromatic rings. The average Bonchev–Trinajstić information content (AvgIpc) is 2.62. The third-order valence-electron chi connectivity index (χ3n) is 4.86. The van der Waals surface area contributed by atoms with E-state index in [2.05, 4.69) is 9.80 Å². The molecule has 1 aliphatic heterocycles. The SMILES string of the molecule is Cc1cccc(C)c1OCC(O)CN1CCN(c2ccccc2F)CC1. The van der Waals surface area contributed by atoms with Crippen molar-refractivity contribution in [2.75, 3.05) is 44.2 Å². The molecule has 1 heterocycles. The van der Waals surface area contributed by atoms with Gasteiger partial charge in [-0.2, -0.15) is 0 Å². The number of hydrogen-bond donors (Lipinski definition) is 1. The predicted octanol–water partition coefficient (Wildman–Crippen LogP) is 3.00. The number of aliphatic hydroxyl groups excluding tert-OH is 1. The van der Waals surface area contributed by atoms with Crippen molar-refractivity contribution in [3.05, 3.63) is 59.4 Å². The van der Waals surface area contributed by atoms with Gasteiger partial charge in [0.15, 0.2) is 0 Å². The van der Waals surface area contributed by atoms with Gasteiger partial charge in [-0.3, -0.25) is 4.90 Å². The van der Waals surface area contributed by atoms with Crippen molar-refractivity contribution in [2.24, 2.45) is 0 Å². The molecular weight excluding hydrogens is 331 g/mol. The highest BCUT2D eigenvalue weighted by Gasteiger charge is 2.21. The molecule has 0 radical (unpaired) electrons. The Morgan fingerprint density at radius 2 is 1.65 bits per heavy atom. The van der Waals surface area contributed by atoms with Crippen LogP contribution in [0.2, 0.25) is 0 Å². The molecule has 0 bridgehead atoms. The molecule has 0 aromatic heterocycles. The van der Waals surface area contributed by atoms with Gasteiger partial charge < -0.3 is 14.7 Å². The molecule has 1 fully saturated rings. The summed E-state index contributed by atoms with van der Waals surface area (Å²) in [6.45, 7) is 7.98. The average molecular weight is 358 g/mol. The van der Waals surface area contributed by atoms with Crippen LogP contribution in [0.5, 0.6) is 5.75 Å². The zero-order valence-electron chi connectivity index (χ0n) is 15.5. The van der Waals surface area contributed by atoms with Gasteiger partial charge in [-0.15, -0.1) is 0 Å². The lowest BCUT2D eigenvalue weighted by molar-refractivity contribution is 0.0658. The van der Waals surface area contributed by atoms with Gasteiger partial charge in [0.05, 0.1) is 5.69 Å². The Kier molecular flexibility index (Phi) is 6.12. The van der Waals surface area contributed by atoms with Crippen LogP contribution in [0.25, 0.3) is 0 Å². The smallest absolute Gasteiger partial charge is 0.146 e. The number of anilines is 1. The number of β-amino-alcohol motifs (C(OH)–C–C–N with tert-alkyl or cyclic N) is 1. The minimum atomic E-state index is -0.547. The molecule has 5 heteroatoms. The van der Waals surface area contributed by atoms with Crippen molar-refractivity contribution in [3.8, 4) is 5.75 Å². The van der Waals surface area contributed by atoms with Gasteiger partial charge >= 0.3 is 0 Å². The normalized spacial score (nSPS) is 16.5. The summed E-state index contributed by atoms with van der Waals surface area (Å²) < 4.78 is 19.7. The number of nitrogens with zero attached hydrogens (tertiary/aromatic N) is 2. The first kappa shape index (κ1) is 18.7. The van der Waals surface area contributed by atoms with E-state index in [0.29, 0.717) is 12.2 Å². The number of halogens is 1. The third-order valence-corrected chi connectivity index (χ3v) is 4.86. The molecule has 3 rings (SSSR count). The second kappa shape index (κ2) is 8.52. The summed E-state index contributed by atoms with van der Waals surface area (Å²) in [7, 11) is 0. The summed E-state index contributed by atoms with van der Waals surface area (Å²) in [5, 5.41) is 10.3. The Balaban J connectivity index is 1.46. The number of hydrogen-bond acceptors (Lipinski definition) is 4. The number of aryl methyl sites for hydroxylation is 2. The molecule has 2 aromatic carbocycles. The van der Waals surface area contributed by atoms with Crippen LogP contribution in [0.4, 0.5) is 10.1 Å². The summed E-state index contributed by atoms with van der Waals surface area (Å²) in [4.78, 5) is 4.27. The summed E-state index contributed by atoms with van der Waals surface area (Å²) in [6, 6.07) is 12.9. The van der Waals surface area contributed by atoms with Gasteiger partial charge in [-0.25, -0.2) is 4.39 Å². The number of benzene rings is 2. The lowest BCUT2D eigenvalue weighted by Gasteiger charge is -2.37. The summed E-state index contributed by atoms with van der Waals surface area (Å²) >= 11 is 0. The molecule has 26 heavy (non-hydrogen) atoms. The number of piperazine rings is 1. The van der Waals surface area contributed by atoms with Gasteiger partial charge in [0.2, 0.25) is 0 Å². The van der Waals surface area contributed by atoms with E-state index in [4.69, 9.17) is 4.74 Å². The van der Waals surface area contributed by atoms with E-state index in [1.165, 1.54) is 6.07 Å². The van der Waals surface area contributed by atoms with E-state index in [9.17, 15) is 9.50 Å². The summed E-state index contributed by atoms with van der Waals surface area (Å²) in [6.07, 6.45) is -0.547. The van der Waals surface area contributed by atoms with E-state index in [0.717, 1.165) is 43.1 Å². The molecule has 4 nitrogen and oxygen atoms in total. The van der Waals surface area contributed by atoms with Crippen molar-refractivity contribution < 1.29 is 14.2 Å². The van der Waals surface area contributed by atoms with E-state index in [1.807, 2.05) is 44.2 Å². The van der Waals surface area contributed by atoms with Crippen LogP contribution < -0.4 is 9.64 Å². The zero-order valence-corrected chi connectivity index (χ0v) is 15.5. The van der Waals surface area contributed by atoms with Gasteiger partial charge in [-0.1, -0.05) is 30.3 Å². The standard InChI is InChI=1S/C21H27FN2O2/c1-16-6-5-7-17(2)21(16)26-15-18(25)14-23-10-12-24(13-11-23)20-9-4-3-8-19(20)22/h3-9,18,25H,10-15H2,1-2H3. The second-order valence-corrected chi connectivity index (χ2v) is 6.92. The molecule has 1 N–H and O–H groups in total. The van der Waals surface area contributed by atoms with Crippen molar-refractivity contribution >= 4 is 5.69 Å². The molecule has 0 aliphatic carbocycles. The maximum Gasteiger partial charge on any atom is 0.146 e. The van der Waals surface area contributed by atoms with Gasteiger partial charge in [-0.05, 0) is 37.1 Å². The van der Waals surface area contributed by atoms with Gasteiger partial charge in [0.25, 0.3) is 0 Å². The second-order valence-electron chi connectivity index (χ2n) is 6.92. The maximum atomic E-state index is 13.9.